The van der Waals surface area contributed by atoms with E-state index in [9.17, 15) is 5.11 Å². The van der Waals surface area contributed by atoms with Gasteiger partial charge in [-0.15, -0.1) is 22.7 Å². The Kier molecular flexibility index (Phi) is 14.8. The van der Waals surface area contributed by atoms with Crippen molar-refractivity contribution in [1.29, 1.82) is 0 Å². The molecule has 0 bridgehead atoms. The SMILES string of the molecule is CCCCCCCCC1(CCCCCCCC)Oc2ccsc2-c2sc(B(OCCC)OCCCO)cc21. The fourth-order valence-electron chi connectivity index (χ4n) is 5.41. The van der Waals surface area contributed by atoms with Gasteiger partial charge in [-0.3, -0.25) is 0 Å². The molecular formula is C31H51BO4S2. The molecule has 3 heterocycles. The van der Waals surface area contributed by atoms with Gasteiger partial charge < -0.3 is 19.2 Å². The Morgan fingerprint density at radius 1 is 0.789 bits per heavy atom. The molecule has 1 aliphatic heterocycles. The molecule has 0 radical (unpaired) electrons. The fourth-order valence-corrected chi connectivity index (χ4v) is 7.65. The summed E-state index contributed by atoms with van der Waals surface area (Å²) in [6.07, 6.45) is 19.2. The number of hydrogen-bond acceptors (Lipinski definition) is 6. The largest absolute Gasteiger partial charge is 0.504 e. The van der Waals surface area contributed by atoms with E-state index >= 15 is 0 Å². The van der Waals surface area contributed by atoms with Crippen molar-refractivity contribution in [2.45, 2.75) is 129 Å². The van der Waals surface area contributed by atoms with Crippen LogP contribution < -0.4 is 9.51 Å². The first-order valence-corrected chi connectivity index (χ1v) is 17.1. The Morgan fingerprint density at radius 3 is 2.05 bits per heavy atom. The zero-order chi connectivity index (χ0) is 27.1. The fraction of sp³-hybridized carbons (Fsp3) is 0.742. The van der Waals surface area contributed by atoms with Crippen LogP contribution in [0.1, 0.15) is 129 Å². The van der Waals surface area contributed by atoms with Gasteiger partial charge in [-0.05, 0) is 56.0 Å². The van der Waals surface area contributed by atoms with Crippen molar-refractivity contribution in [2.24, 2.45) is 0 Å². The van der Waals surface area contributed by atoms with E-state index < -0.39 is 0 Å². The number of rotatable bonds is 22. The first kappa shape index (κ1) is 31.7. The maximum Gasteiger partial charge on any atom is 0.504 e. The summed E-state index contributed by atoms with van der Waals surface area (Å²) in [5.74, 6) is 1.06. The summed E-state index contributed by atoms with van der Waals surface area (Å²) in [4.78, 5) is 2.60. The number of unbranched alkanes of at least 4 members (excludes halogenated alkanes) is 10. The van der Waals surface area contributed by atoms with Gasteiger partial charge in [-0.25, -0.2) is 0 Å². The van der Waals surface area contributed by atoms with Crippen LogP contribution in [0.2, 0.25) is 0 Å². The van der Waals surface area contributed by atoms with Crippen LogP contribution in [0.15, 0.2) is 17.5 Å². The molecule has 0 saturated carbocycles. The lowest BCUT2D eigenvalue weighted by molar-refractivity contribution is 0.0397. The molecule has 0 aliphatic carbocycles. The summed E-state index contributed by atoms with van der Waals surface area (Å²) in [6.45, 7) is 7.98. The van der Waals surface area contributed by atoms with Crippen LogP contribution in [0.4, 0.5) is 0 Å². The quantitative estimate of drug-likeness (QED) is 0.115. The average molecular weight is 563 g/mol. The topological polar surface area (TPSA) is 47.9 Å². The smallest absolute Gasteiger partial charge is 0.481 e. The third-order valence-corrected chi connectivity index (χ3v) is 9.74. The molecule has 38 heavy (non-hydrogen) atoms. The summed E-state index contributed by atoms with van der Waals surface area (Å²) in [7, 11) is -0.388. The van der Waals surface area contributed by atoms with Crippen LogP contribution in [-0.2, 0) is 14.9 Å². The highest BCUT2D eigenvalue weighted by atomic mass is 32.1. The van der Waals surface area contributed by atoms with Crippen molar-refractivity contribution >= 4 is 34.6 Å². The molecule has 1 aliphatic rings. The molecule has 214 valence electrons. The van der Waals surface area contributed by atoms with E-state index in [1.54, 1.807) is 11.3 Å². The highest BCUT2D eigenvalue weighted by Crippen LogP contribution is 2.53. The molecule has 0 saturated heterocycles. The lowest BCUT2D eigenvalue weighted by atomic mass is 9.79. The summed E-state index contributed by atoms with van der Waals surface area (Å²) in [5, 5.41) is 11.4. The number of ether oxygens (including phenoxy) is 1. The first-order chi connectivity index (χ1) is 18.7. The molecule has 0 spiro atoms. The highest BCUT2D eigenvalue weighted by molar-refractivity contribution is 7.28. The van der Waals surface area contributed by atoms with Gasteiger partial charge in [0.05, 0.1) is 9.75 Å². The van der Waals surface area contributed by atoms with Crippen LogP contribution in [0, 0.1) is 0 Å². The van der Waals surface area contributed by atoms with E-state index in [1.165, 1.54) is 92.4 Å². The Labute approximate surface area is 240 Å². The Hall–Kier alpha value is -0.855. The molecule has 4 nitrogen and oxygen atoms in total. The monoisotopic (exact) mass is 562 g/mol. The Bertz CT molecular complexity index is 880. The standard InChI is InChI=1S/C31H51BO4S2/c1-4-7-9-11-13-15-19-31(20-16-14-12-10-8-5-2)26-25-28(32(34-22-6-3)35-23-17-21-33)38-29(26)30-27(36-31)18-24-37-30/h18,24-25,33H,4-17,19-23H2,1-3H3. The van der Waals surface area contributed by atoms with Gasteiger partial charge in [-0.1, -0.05) is 85.0 Å². The van der Waals surface area contributed by atoms with Gasteiger partial charge in [0.25, 0.3) is 0 Å². The molecule has 7 heteroatoms. The number of aliphatic hydroxyl groups is 1. The molecule has 0 fully saturated rings. The molecule has 1 N–H and O–H groups in total. The normalized spacial score (nSPS) is 13.8. The second kappa shape index (κ2) is 17.8. The number of fused-ring (bicyclic) bond motifs is 3. The van der Waals surface area contributed by atoms with Crippen molar-refractivity contribution < 1.29 is 19.2 Å². The van der Waals surface area contributed by atoms with E-state index in [-0.39, 0.29) is 19.3 Å². The van der Waals surface area contributed by atoms with E-state index in [1.807, 2.05) is 11.3 Å². The number of thiophene rings is 2. The lowest BCUT2D eigenvalue weighted by Gasteiger charge is -2.38. The second-order valence-corrected chi connectivity index (χ2v) is 12.8. The predicted molar refractivity (Wildman–Crippen MR) is 165 cm³/mol. The van der Waals surface area contributed by atoms with Crippen LogP contribution in [-0.4, -0.2) is 32.0 Å². The van der Waals surface area contributed by atoms with Crippen LogP contribution in [0.25, 0.3) is 9.75 Å². The van der Waals surface area contributed by atoms with Crippen molar-refractivity contribution in [2.75, 3.05) is 19.8 Å². The third kappa shape index (κ3) is 9.09. The maximum atomic E-state index is 9.28. The zero-order valence-corrected chi connectivity index (χ0v) is 25.9. The molecule has 2 aromatic rings. The third-order valence-electron chi connectivity index (χ3n) is 7.53. The Morgan fingerprint density at radius 2 is 1.42 bits per heavy atom. The second-order valence-electron chi connectivity index (χ2n) is 10.8. The van der Waals surface area contributed by atoms with Gasteiger partial charge in [0, 0.05) is 30.2 Å². The van der Waals surface area contributed by atoms with Gasteiger partial charge >= 0.3 is 7.12 Å². The van der Waals surface area contributed by atoms with Crippen molar-refractivity contribution in [3.05, 3.63) is 23.1 Å². The maximum absolute atomic E-state index is 9.28. The molecular weight excluding hydrogens is 511 g/mol. The summed E-state index contributed by atoms with van der Waals surface area (Å²) in [6, 6.07) is 4.51. The number of aliphatic hydroxyl groups excluding tert-OH is 1. The lowest BCUT2D eigenvalue weighted by Crippen LogP contribution is -2.37. The van der Waals surface area contributed by atoms with E-state index in [2.05, 4.69) is 38.3 Å². The summed E-state index contributed by atoms with van der Waals surface area (Å²) < 4.78 is 20.5. The molecule has 0 aromatic carbocycles. The number of hydrogen-bond donors (Lipinski definition) is 1. The van der Waals surface area contributed by atoms with Crippen molar-refractivity contribution in [3.63, 3.8) is 0 Å². The first-order valence-electron chi connectivity index (χ1n) is 15.4. The van der Waals surface area contributed by atoms with Gasteiger partial charge in [0.15, 0.2) is 0 Å². The van der Waals surface area contributed by atoms with E-state index in [4.69, 9.17) is 14.0 Å². The van der Waals surface area contributed by atoms with Crippen molar-refractivity contribution in [3.8, 4) is 15.5 Å². The van der Waals surface area contributed by atoms with Gasteiger partial charge in [0.1, 0.15) is 11.4 Å². The Balaban J connectivity index is 1.86. The highest BCUT2D eigenvalue weighted by Gasteiger charge is 2.43. The van der Waals surface area contributed by atoms with Crippen LogP contribution in [0.3, 0.4) is 0 Å². The van der Waals surface area contributed by atoms with Crippen molar-refractivity contribution in [1.82, 2.24) is 0 Å². The molecule has 0 amide bonds. The minimum atomic E-state index is -0.388. The van der Waals surface area contributed by atoms with Gasteiger partial charge in [-0.2, -0.15) is 0 Å². The summed E-state index contributed by atoms with van der Waals surface area (Å²) in [5.41, 5.74) is 1.08. The minimum absolute atomic E-state index is 0.132. The van der Waals surface area contributed by atoms with Gasteiger partial charge in [0.2, 0.25) is 0 Å². The molecule has 3 rings (SSSR count). The zero-order valence-electron chi connectivity index (χ0n) is 24.2. The van der Waals surface area contributed by atoms with Crippen LogP contribution in [0.5, 0.6) is 5.75 Å². The average Bonchev–Trinajstić information content (AvgIpc) is 3.58. The molecule has 0 unspecified atom stereocenters. The molecule has 0 atom stereocenters. The summed E-state index contributed by atoms with van der Waals surface area (Å²) >= 11 is 3.60. The van der Waals surface area contributed by atoms with E-state index in [0.717, 1.165) is 29.8 Å². The predicted octanol–water partition coefficient (Wildman–Crippen LogP) is 9.09. The van der Waals surface area contributed by atoms with Crippen LogP contribution >= 0.6 is 22.7 Å². The van der Waals surface area contributed by atoms with E-state index in [0.29, 0.717) is 19.6 Å². The molecule has 2 aromatic heterocycles. The minimum Gasteiger partial charge on any atom is -0.481 e.